The smallest absolute Gasteiger partial charge is 0.397 e. The van der Waals surface area contributed by atoms with Crippen molar-refractivity contribution in [1.82, 2.24) is 0 Å². The number of unbranched alkanes of at least 4 members (excludes halogenated alkanes) is 1. The molecule has 5 heteroatoms. The highest BCUT2D eigenvalue weighted by Crippen LogP contribution is 2.35. The number of hydrogen-bond acceptors (Lipinski definition) is 2. The maximum atomic E-state index is 12.7. The number of hydrogen-bond donors (Lipinski definition) is 1. The van der Waals surface area contributed by atoms with Crippen LogP contribution < -0.4 is 10.6 Å². The average Bonchev–Trinajstić information content (AvgIpc) is 2.39. The van der Waals surface area contributed by atoms with E-state index < -0.39 is 11.7 Å². The molecule has 1 rings (SSSR count). The Balaban J connectivity index is 3.08. The number of nitrogens with zero attached hydrogens (tertiary/aromatic N) is 1. The van der Waals surface area contributed by atoms with E-state index >= 15 is 0 Å². The molecule has 0 saturated heterocycles. The molecule has 0 fully saturated rings. The van der Waals surface area contributed by atoms with Crippen molar-refractivity contribution in [2.75, 3.05) is 17.2 Å². The van der Waals surface area contributed by atoms with Gasteiger partial charge in [0.15, 0.2) is 0 Å². The molecule has 20 heavy (non-hydrogen) atoms. The van der Waals surface area contributed by atoms with Crippen LogP contribution in [0.2, 0.25) is 0 Å². The van der Waals surface area contributed by atoms with Crippen LogP contribution in [-0.2, 0) is 6.18 Å². The standard InChI is InChI=1S/C15H23F3N2/c1-4-6-9-20(11(3)5-2)14-8-7-12(10-13(14)19)15(16,17)18/h7-8,10-11H,4-6,9,19H2,1-3H3. The number of alkyl halides is 3. The normalized spacial score (nSPS) is 13.3. The molecule has 0 aliphatic carbocycles. The quantitative estimate of drug-likeness (QED) is 0.769. The van der Waals surface area contributed by atoms with E-state index in [0.29, 0.717) is 5.69 Å². The van der Waals surface area contributed by atoms with Crippen molar-refractivity contribution < 1.29 is 13.2 Å². The van der Waals surface area contributed by atoms with E-state index in [1.807, 2.05) is 0 Å². The number of rotatable bonds is 6. The molecule has 0 bridgehead atoms. The maximum absolute atomic E-state index is 12.7. The molecule has 0 saturated carbocycles. The molecule has 1 unspecified atom stereocenters. The van der Waals surface area contributed by atoms with Gasteiger partial charge in [0.2, 0.25) is 0 Å². The number of anilines is 2. The first-order valence-electron chi connectivity index (χ1n) is 7.04. The van der Waals surface area contributed by atoms with Crippen molar-refractivity contribution in [3.05, 3.63) is 23.8 Å². The lowest BCUT2D eigenvalue weighted by Crippen LogP contribution is -2.34. The van der Waals surface area contributed by atoms with E-state index in [-0.39, 0.29) is 11.7 Å². The molecule has 0 amide bonds. The fourth-order valence-electron chi connectivity index (χ4n) is 2.12. The van der Waals surface area contributed by atoms with E-state index in [0.717, 1.165) is 37.9 Å². The third kappa shape index (κ3) is 4.05. The Kier molecular flexibility index (Phi) is 5.72. The molecule has 2 N–H and O–H groups in total. The van der Waals surface area contributed by atoms with Crippen molar-refractivity contribution in [3.63, 3.8) is 0 Å². The highest BCUT2D eigenvalue weighted by molar-refractivity contribution is 5.69. The van der Waals surface area contributed by atoms with Gasteiger partial charge in [-0.2, -0.15) is 13.2 Å². The molecule has 1 atom stereocenters. The fraction of sp³-hybridized carbons (Fsp3) is 0.600. The van der Waals surface area contributed by atoms with Crippen LogP contribution in [0.4, 0.5) is 24.5 Å². The lowest BCUT2D eigenvalue weighted by atomic mass is 10.1. The summed E-state index contributed by atoms with van der Waals surface area (Å²) in [7, 11) is 0. The third-order valence-electron chi connectivity index (χ3n) is 3.54. The summed E-state index contributed by atoms with van der Waals surface area (Å²) in [6.07, 6.45) is -1.40. The summed E-state index contributed by atoms with van der Waals surface area (Å²) in [5, 5.41) is 0. The summed E-state index contributed by atoms with van der Waals surface area (Å²) >= 11 is 0. The summed E-state index contributed by atoms with van der Waals surface area (Å²) in [4.78, 5) is 2.10. The zero-order valence-corrected chi connectivity index (χ0v) is 12.3. The summed E-state index contributed by atoms with van der Waals surface area (Å²) in [5.74, 6) is 0. The van der Waals surface area contributed by atoms with Crippen LogP contribution in [0.25, 0.3) is 0 Å². The second-order valence-corrected chi connectivity index (χ2v) is 5.08. The monoisotopic (exact) mass is 288 g/mol. The van der Waals surface area contributed by atoms with Crippen LogP contribution >= 0.6 is 0 Å². The van der Waals surface area contributed by atoms with E-state index in [2.05, 4.69) is 25.7 Å². The van der Waals surface area contributed by atoms with Crippen LogP contribution in [0.1, 0.15) is 45.6 Å². The molecular weight excluding hydrogens is 265 g/mol. The van der Waals surface area contributed by atoms with Crippen LogP contribution in [0.3, 0.4) is 0 Å². The molecule has 114 valence electrons. The molecule has 1 aromatic carbocycles. The number of benzene rings is 1. The van der Waals surface area contributed by atoms with Gasteiger partial charge in [0.1, 0.15) is 0 Å². The summed E-state index contributed by atoms with van der Waals surface area (Å²) in [5.41, 5.74) is 6.03. The molecule has 0 spiro atoms. The largest absolute Gasteiger partial charge is 0.416 e. The van der Waals surface area contributed by atoms with Gasteiger partial charge in [-0.3, -0.25) is 0 Å². The molecule has 0 aromatic heterocycles. The van der Waals surface area contributed by atoms with Crippen LogP contribution in [0, 0.1) is 0 Å². The zero-order valence-electron chi connectivity index (χ0n) is 12.3. The van der Waals surface area contributed by atoms with Crippen molar-refractivity contribution in [2.45, 2.75) is 52.3 Å². The topological polar surface area (TPSA) is 29.3 Å². The van der Waals surface area contributed by atoms with E-state index in [1.165, 1.54) is 6.07 Å². The van der Waals surface area contributed by atoms with Gasteiger partial charge in [-0.05, 0) is 38.0 Å². The predicted octanol–water partition coefficient (Wildman–Crippen LogP) is 4.69. The van der Waals surface area contributed by atoms with Crippen molar-refractivity contribution >= 4 is 11.4 Å². The van der Waals surface area contributed by atoms with Gasteiger partial charge < -0.3 is 10.6 Å². The Morgan fingerprint density at radius 2 is 1.90 bits per heavy atom. The molecule has 1 aromatic rings. The Labute approximate surface area is 118 Å². The van der Waals surface area contributed by atoms with Gasteiger partial charge in [-0.1, -0.05) is 20.3 Å². The molecule has 0 aliphatic rings. The highest BCUT2D eigenvalue weighted by Gasteiger charge is 2.31. The molecule has 0 heterocycles. The summed E-state index contributed by atoms with van der Waals surface area (Å²) < 4.78 is 38.0. The summed E-state index contributed by atoms with van der Waals surface area (Å²) in [6, 6.07) is 3.87. The minimum atomic E-state index is -4.35. The van der Waals surface area contributed by atoms with Gasteiger partial charge in [0.25, 0.3) is 0 Å². The Morgan fingerprint density at radius 3 is 2.35 bits per heavy atom. The molecule has 0 radical (unpaired) electrons. The highest BCUT2D eigenvalue weighted by atomic mass is 19.4. The van der Waals surface area contributed by atoms with Gasteiger partial charge in [0, 0.05) is 12.6 Å². The first-order valence-corrected chi connectivity index (χ1v) is 7.04. The van der Waals surface area contributed by atoms with Gasteiger partial charge in [0.05, 0.1) is 16.9 Å². The Morgan fingerprint density at radius 1 is 1.25 bits per heavy atom. The van der Waals surface area contributed by atoms with Gasteiger partial charge in [-0.25, -0.2) is 0 Å². The Hall–Kier alpha value is -1.39. The van der Waals surface area contributed by atoms with E-state index in [9.17, 15) is 13.2 Å². The van der Waals surface area contributed by atoms with Crippen molar-refractivity contribution in [3.8, 4) is 0 Å². The molecular formula is C15H23F3N2. The van der Waals surface area contributed by atoms with Crippen LogP contribution in [-0.4, -0.2) is 12.6 Å². The lowest BCUT2D eigenvalue weighted by molar-refractivity contribution is -0.137. The summed E-state index contributed by atoms with van der Waals surface area (Å²) in [6.45, 7) is 7.02. The van der Waals surface area contributed by atoms with Crippen LogP contribution in [0.5, 0.6) is 0 Å². The molecule has 0 aliphatic heterocycles. The second-order valence-electron chi connectivity index (χ2n) is 5.08. The average molecular weight is 288 g/mol. The van der Waals surface area contributed by atoms with E-state index in [4.69, 9.17) is 5.73 Å². The third-order valence-corrected chi connectivity index (χ3v) is 3.54. The second kappa shape index (κ2) is 6.86. The fourth-order valence-corrected chi connectivity index (χ4v) is 2.12. The van der Waals surface area contributed by atoms with Gasteiger partial charge in [-0.15, -0.1) is 0 Å². The van der Waals surface area contributed by atoms with E-state index in [1.54, 1.807) is 0 Å². The number of nitrogens with two attached hydrogens (primary N) is 1. The minimum absolute atomic E-state index is 0.191. The maximum Gasteiger partial charge on any atom is 0.416 e. The first-order chi connectivity index (χ1) is 9.31. The van der Waals surface area contributed by atoms with Gasteiger partial charge >= 0.3 is 6.18 Å². The van der Waals surface area contributed by atoms with Crippen LogP contribution in [0.15, 0.2) is 18.2 Å². The first kappa shape index (κ1) is 16.7. The molecule has 2 nitrogen and oxygen atoms in total. The minimum Gasteiger partial charge on any atom is -0.397 e. The number of nitrogen functional groups attached to an aromatic ring is 1. The van der Waals surface area contributed by atoms with Crippen molar-refractivity contribution in [2.24, 2.45) is 0 Å². The Bertz CT molecular complexity index is 430. The SMILES string of the molecule is CCCCN(c1ccc(C(F)(F)F)cc1N)C(C)CC. The predicted molar refractivity (Wildman–Crippen MR) is 77.9 cm³/mol. The lowest BCUT2D eigenvalue weighted by Gasteiger charge is -2.32. The zero-order chi connectivity index (χ0) is 15.3. The van der Waals surface area contributed by atoms with Crippen molar-refractivity contribution in [1.29, 1.82) is 0 Å². The number of halogens is 3.